The molecule has 2 aliphatic heterocycles. The van der Waals surface area contributed by atoms with Gasteiger partial charge in [0.1, 0.15) is 11.3 Å². The molecule has 2 aromatic heterocycles. The Hall–Kier alpha value is -4.34. The molecule has 0 N–H and O–H groups in total. The van der Waals surface area contributed by atoms with E-state index in [1.54, 1.807) is 18.2 Å². The predicted molar refractivity (Wildman–Crippen MR) is 168 cm³/mol. The minimum atomic E-state index is -0.335. The molecule has 1 aliphatic carbocycles. The standard InChI is InChI=1S/C32H39N9O3/c1-5-28(42)40-14-13-38(18-22(40)11-12-33)30-26-17-34-41(27-10-8-9-21-15-24(44-4)16-25(21)27)31(43)29(26)35-32(36-30)39-19-23(20-39)37(6-2)7-3/h5,8-10,17,22-24H,1,6-7,11,13-16,18-20H2,2-4H3. The van der Waals surface area contributed by atoms with Crippen LogP contribution in [0.1, 0.15) is 31.4 Å². The molecule has 0 bridgehead atoms. The average molecular weight is 598 g/mol. The first-order valence-electron chi connectivity index (χ1n) is 15.4. The van der Waals surface area contributed by atoms with Crippen molar-refractivity contribution in [2.75, 3.05) is 62.7 Å². The number of piperazine rings is 1. The van der Waals surface area contributed by atoms with Gasteiger partial charge in [-0.25, -0.2) is 4.98 Å². The number of fused-ring (bicyclic) bond motifs is 2. The van der Waals surface area contributed by atoms with Crippen molar-refractivity contribution in [1.29, 1.82) is 5.26 Å². The molecule has 44 heavy (non-hydrogen) atoms. The topological polar surface area (TPSA) is 124 Å². The highest BCUT2D eigenvalue weighted by molar-refractivity contribution is 5.90. The van der Waals surface area contributed by atoms with Crippen LogP contribution in [-0.2, 0) is 22.4 Å². The van der Waals surface area contributed by atoms with Crippen LogP contribution in [-0.4, -0.2) is 107 Å². The second-order valence-electron chi connectivity index (χ2n) is 11.6. The maximum absolute atomic E-state index is 14.2. The lowest BCUT2D eigenvalue weighted by atomic mass is 10.1. The molecule has 2 saturated heterocycles. The number of amides is 1. The molecule has 6 rings (SSSR count). The van der Waals surface area contributed by atoms with Gasteiger partial charge in [0.05, 0.1) is 41.9 Å². The molecule has 0 spiro atoms. The maximum Gasteiger partial charge on any atom is 0.298 e. The van der Waals surface area contributed by atoms with E-state index in [-0.39, 0.29) is 30.0 Å². The molecule has 230 valence electrons. The third kappa shape index (κ3) is 5.20. The molecular formula is C32H39N9O3. The fraction of sp³-hybridized carbons (Fsp3) is 0.500. The number of anilines is 2. The number of nitriles is 1. The highest BCUT2D eigenvalue weighted by Crippen LogP contribution is 2.32. The second-order valence-corrected chi connectivity index (χ2v) is 11.6. The molecule has 1 aromatic carbocycles. The highest BCUT2D eigenvalue weighted by atomic mass is 16.5. The summed E-state index contributed by atoms with van der Waals surface area (Å²) >= 11 is 0. The number of carbonyl (C=O) groups is 1. The number of hydrogen-bond donors (Lipinski definition) is 0. The summed E-state index contributed by atoms with van der Waals surface area (Å²) in [6.45, 7) is 12.7. The molecule has 1 amide bonds. The van der Waals surface area contributed by atoms with Gasteiger partial charge in [0.15, 0.2) is 0 Å². The van der Waals surface area contributed by atoms with Gasteiger partial charge >= 0.3 is 0 Å². The molecule has 2 atom stereocenters. The Morgan fingerprint density at radius 2 is 1.95 bits per heavy atom. The molecule has 12 nitrogen and oxygen atoms in total. The zero-order valence-corrected chi connectivity index (χ0v) is 25.6. The van der Waals surface area contributed by atoms with Crippen LogP contribution < -0.4 is 15.4 Å². The van der Waals surface area contributed by atoms with Crippen molar-refractivity contribution in [2.45, 2.75) is 51.3 Å². The molecule has 0 radical (unpaired) electrons. The first-order valence-corrected chi connectivity index (χ1v) is 15.4. The van der Waals surface area contributed by atoms with Crippen LogP contribution in [0.5, 0.6) is 0 Å². The second kappa shape index (κ2) is 12.3. The van der Waals surface area contributed by atoms with Gasteiger partial charge in [0.25, 0.3) is 5.56 Å². The van der Waals surface area contributed by atoms with E-state index in [0.29, 0.717) is 54.8 Å². The summed E-state index contributed by atoms with van der Waals surface area (Å²) < 4.78 is 7.08. The Morgan fingerprint density at radius 3 is 2.66 bits per heavy atom. The van der Waals surface area contributed by atoms with Crippen molar-refractivity contribution >= 4 is 28.6 Å². The first kappa shape index (κ1) is 29.7. The van der Waals surface area contributed by atoms with Gasteiger partial charge in [-0.2, -0.15) is 20.0 Å². The van der Waals surface area contributed by atoms with Gasteiger partial charge in [-0.05, 0) is 42.8 Å². The average Bonchev–Trinajstić information content (AvgIpc) is 3.46. The van der Waals surface area contributed by atoms with Crippen LogP contribution in [0, 0.1) is 11.3 Å². The largest absolute Gasteiger partial charge is 0.381 e. The number of rotatable bonds is 9. The summed E-state index contributed by atoms with van der Waals surface area (Å²) in [7, 11) is 1.71. The Bertz CT molecular complexity index is 1670. The van der Waals surface area contributed by atoms with Gasteiger partial charge in [-0.3, -0.25) is 14.5 Å². The lowest BCUT2D eigenvalue weighted by molar-refractivity contribution is -0.128. The molecule has 2 unspecified atom stereocenters. The quantitative estimate of drug-likeness (QED) is 0.338. The van der Waals surface area contributed by atoms with Crippen molar-refractivity contribution in [1.82, 2.24) is 29.5 Å². The monoisotopic (exact) mass is 597 g/mol. The molecule has 12 heteroatoms. The molecule has 4 heterocycles. The Labute approximate surface area is 257 Å². The van der Waals surface area contributed by atoms with Gasteiger partial charge in [-0.1, -0.05) is 32.6 Å². The number of carbonyl (C=O) groups excluding carboxylic acids is 1. The minimum absolute atomic E-state index is 0.0704. The summed E-state index contributed by atoms with van der Waals surface area (Å²) in [5.41, 5.74) is 2.95. The summed E-state index contributed by atoms with van der Waals surface area (Å²) in [6.07, 6.45) is 4.72. The smallest absolute Gasteiger partial charge is 0.298 e. The van der Waals surface area contributed by atoms with E-state index >= 15 is 0 Å². The Kier molecular flexibility index (Phi) is 8.33. The van der Waals surface area contributed by atoms with Gasteiger partial charge in [0, 0.05) is 52.3 Å². The number of aromatic nitrogens is 4. The maximum atomic E-state index is 14.2. The van der Waals surface area contributed by atoms with Crippen LogP contribution in [0.3, 0.4) is 0 Å². The summed E-state index contributed by atoms with van der Waals surface area (Å²) in [5.74, 6) is 0.904. The van der Waals surface area contributed by atoms with Crippen molar-refractivity contribution < 1.29 is 9.53 Å². The predicted octanol–water partition coefficient (Wildman–Crippen LogP) is 1.94. The van der Waals surface area contributed by atoms with E-state index in [4.69, 9.17) is 14.7 Å². The fourth-order valence-electron chi connectivity index (χ4n) is 6.83. The molecule has 0 saturated carbocycles. The third-order valence-corrected chi connectivity index (χ3v) is 9.34. The van der Waals surface area contributed by atoms with Crippen LogP contribution >= 0.6 is 0 Å². The number of nitrogens with zero attached hydrogens (tertiary/aromatic N) is 9. The SMILES string of the molecule is C=CC(=O)N1CCN(c2nc(N3CC(N(CC)CC)C3)nc3c(=O)n(-c4cccc5c4CC(OC)C5)ncc23)CC1CC#N. The van der Waals surface area contributed by atoms with Gasteiger partial charge in [-0.15, -0.1) is 0 Å². The summed E-state index contributed by atoms with van der Waals surface area (Å²) in [6, 6.07) is 8.23. The Balaban J connectivity index is 1.43. The lowest BCUT2D eigenvalue weighted by Gasteiger charge is -2.45. The van der Waals surface area contributed by atoms with Crippen LogP contribution in [0.2, 0.25) is 0 Å². The van der Waals surface area contributed by atoms with Crippen LogP contribution in [0.25, 0.3) is 16.6 Å². The third-order valence-electron chi connectivity index (χ3n) is 9.34. The zero-order chi connectivity index (χ0) is 31.0. The molecule has 3 aliphatic rings. The Morgan fingerprint density at radius 1 is 1.16 bits per heavy atom. The number of ether oxygens (including phenoxy) is 1. The van der Waals surface area contributed by atoms with E-state index in [1.807, 2.05) is 12.1 Å². The minimum Gasteiger partial charge on any atom is -0.381 e. The van der Waals surface area contributed by atoms with E-state index in [2.05, 4.69) is 52.4 Å². The van der Waals surface area contributed by atoms with Crippen LogP contribution in [0.15, 0.2) is 41.8 Å². The first-order chi connectivity index (χ1) is 21.4. The molecular weight excluding hydrogens is 558 g/mol. The van der Waals surface area contributed by atoms with Crippen LogP contribution in [0.4, 0.5) is 11.8 Å². The van der Waals surface area contributed by atoms with Crippen molar-refractivity contribution in [3.63, 3.8) is 0 Å². The van der Waals surface area contributed by atoms with E-state index in [1.165, 1.54) is 10.8 Å². The van der Waals surface area contributed by atoms with E-state index < -0.39 is 0 Å². The molecule has 2 fully saturated rings. The number of hydrogen-bond acceptors (Lipinski definition) is 10. The normalized spacial score (nSPS) is 20.1. The van der Waals surface area contributed by atoms with E-state index in [9.17, 15) is 14.9 Å². The summed E-state index contributed by atoms with van der Waals surface area (Å²) in [5, 5.41) is 14.7. The highest BCUT2D eigenvalue weighted by Gasteiger charge is 2.35. The number of likely N-dealkylation sites (N-methyl/N-ethyl adjacent to an activating group) is 1. The number of benzene rings is 1. The fourth-order valence-corrected chi connectivity index (χ4v) is 6.83. The number of methoxy groups -OCH3 is 1. The van der Waals surface area contributed by atoms with Gasteiger partial charge in [0.2, 0.25) is 11.9 Å². The van der Waals surface area contributed by atoms with Gasteiger partial charge < -0.3 is 19.4 Å². The molecule has 3 aromatic rings. The van der Waals surface area contributed by atoms with Crippen molar-refractivity contribution in [3.8, 4) is 11.8 Å². The van der Waals surface area contributed by atoms with E-state index in [0.717, 1.165) is 49.4 Å². The zero-order valence-electron chi connectivity index (χ0n) is 25.6. The summed E-state index contributed by atoms with van der Waals surface area (Å²) in [4.78, 5) is 44.9. The van der Waals surface area contributed by atoms with Crippen molar-refractivity contribution in [3.05, 3.63) is 58.5 Å². The lowest BCUT2D eigenvalue weighted by Crippen LogP contribution is -2.60. The van der Waals surface area contributed by atoms with Crippen molar-refractivity contribution in [2.24, 2.45) is 0 Å².